The Morgan fingerprint density at radius 2 is 2.14 bits per heavy atom. The van der Waals surface area contributed by atoms with Crippen molar-refractivity contribution in [2.75, 3.05) is 12.4 Å². The molecule has 3 nitrogen and oxygen atoms in total. The predicted octanol–water partition coefficient (Wildman–Crippen LogP) is 1.28. The summed E-state index contributed by atoms with van der Waals surface area (Å²) in [5.41, 5.74) is -1.21. The summed E-state index contributed by atoms with van der Waals surface area (Å²) in [6.45, 7) is 3.94. The maximum absolute atomic E-state index is 11.6. The van der Waals surface area contributed by atoms with E-state index in [0.29, 0.717) is 6.54 Å². The fourth-order valence-corrected chi connectivity index (χ4v) is 1.43. The number of nitrogens with one attached hydrogen (secondary N) is 1. The monoisotopic (exact) mass is 219 g/mol. The summed E-state index contributed by atoms with van der Waals surface area (Å²) in [7, 11) is 0. The minimum atomic E-state index is -0.655. The second-order valence-corrected chi connectivity index (χ2v) is 5.05. The molecule has 0 aromatic carbocycles. The fourth-order valence-electron chi connectivity index (χ4n) is 1.31. The Bertz CT molecular complexity index is 224. The Morgan fingerprint density at radius 3 is 2.50 bits per heavy atom. The number of halogens is 1. The quantitative estimate of drug-likeness (QED) is 0.700. The van der Waals surface area contributed by atoms with E-state index in [-0.39, 0.29) is 11.8 Å². The molecule has 4 heteroatoms. The largest absolute Gasteiger partial charge is 0.388 e. The molecule has 0 radical (unpaired) electrons. The third-order valence-electron chi connectivity index (χ3n) is 2.81. The summed E-state index contributed by atoms with van der Waals surface area (Å²) in [4.78, 5) is 11.6. The molecule has 0 aliphatic heterocycles. The molecule has 0 atom stereocenters. The summed E-state index contributed by atoms with van der Waals surface area (Å²) in [6.07, 6.45) is 2.62. The molecular formula is C10H18ClNO2. The van der Waals surface area contributed by atoms with Crippen LogP contribution in [0.2, 0.25) is 0 Å². The molecule has 0 bridgehead atoms. The molecule has 1 aliphatic rings. The maximum Gasteiger partial charge on any atom is 0.226 e. The Morgan fingerprint density at radius 1 is 1.57 bits per heavy atom. The highest BCUT2D eigenvalue weighted by atomic mass is 35.5. The zero-order valence-electron chi connectivity index (χ0n) is 8.77. The van der Waals surface area contributed by atoms with E-state index in [0.717, 1.165) is 19.3 Å². The first kappa shape index (κ1) is 11.8. The van der Waals surface area contributed by atoms with Crippen molar-refractivity contribution in [1.82, 2.24) is 5.32 Å². The van der Waals surface area contributed by atoms with Crippen LogP contribution in [0.1, 0.15) is 33.1 Å². The zero-order chi connectivity index (χ0) is 10.8. The highest BCUT2D eigenvalue weighted by molar-refractivity contribution is 6.19. The van der Waals surface area contributed by atoms with Crippen molar-refractivity contribution < 1.29 is 9.90 Å². The van der Waals surface area contributed by atoms with Gasteiger partial charge < -0.3 is 10.4 Å². The Hall–Kier alpha value is -0.280. The van der Waals surface area contributed by atoms with Gasteiger partial charge in [-0.05, 0) is 33.1 Å². The van der Waals surface area contributed by atoms with Gasteiger partial charge in [-0.1, -0.05) is 0 Å². The third-order valence-corrected chi connectivity index (χ3v) is 3.48. The molecule has 1 rings (SSSR count). The van der Waals surface area contributed by atoms with E-state index in [1.807, 2.05) is 0 Å². The van der Waals surface area contributed by atoms with Crippen molar-refractivity contribution in [1.29, 1.82) is 0 Å². The number of aliphatic hydroxyl groups is 1. The van der Waals surface area contributed by atoms with Crippen molar-refractivity contribution in [2.24, 2.45) is 5.41 Å². The lowest BCUT2D eigenvalue weighted by Gasteiger charge is -2.37. The van der Waals surface area contributed by atoms with E-state index in [4.69, 9.17) is 11.6 Å². The number of carbonyl (C=O) groups excluding carboxylic acids is 1. The van der Waals surface area contributed by atoms with Gasteiger partial charge in [0.2, 0.25) is 5.91 Å². The van der Waals surface area contributed by atoms with Gasteiger partial charge in [0.1, 0.15) is 0 Å². The van der Waals surface area contributed by atoms with Crippen LogP contribution < -0.4 is 5.32 Å². The Labute approximate surface area is 89.8 Å². The van der Waals surface area contributed by atoms with Crippen molar-refractivity contribution in [2.45, 2.75) is 38.7 Å². The molecule has 0 aromatic rings. The first-order valence-corrected chi connectivity index (χ1v) is 5.50. The number of alkyl halides is 1. The smallest absolute Gasteiger partial charge is 0.226 e. The molecule has 1 fully saturated rings. The van der Waals surface area contributed by atoms with E-state index in [2.05, 4.69) is 5.32 Å². The fraction of sp³-hybridized carbons (Fsp3) is 0.900. The van der Waals surface area contributed by atoms with E-state index >= 15 is 0 Å². The third kappa shape index (κ3) is 2.61. The number of hydrogen-bond donors (Lipinski definition) is 2. The van der Waals surface area contributed by atoms with Gasteiger partial charge in [-0.3, -0.25) is 4.79 Å². The first-order chi connectivity index (χ1) is 6.40. The molecular weight excluding hydrogens is 202 g/mol. The second kappa shape index (κ2) is 4.07. The lowest BCUT2D eigenvalue weighted by molar-refractivity contribution is -0.130. The van der Waals surface area contributed by atoms with Gasteiger partial charge in [0.05, 0.1) is 11.0 Å². The highest BCUT2D eigenvalue weighted by Gasteiger charge is 2.36. The average Bonchev–Trinajstić information content (AvgIpc) is 2.11. The van der Waals surface area contributed by atoms with Crippen LogP contribution in [0.15, 0.2) is 0 Å². The number of hydrogen-bond acceptors (Lipinski definition) is 2. The van der Waals surface area contributed by atoms with E-state index < -0.39 is 11.0 Å². The van der Waals surface area contributed by atoms with Gasteiger partial charge >= 0.3 is 0 Å². The molecule has 82 valence electrons. The SMILES string of the molecule is CC(C)(CCl)C(=O)NCC1(O)CCC1. The van der Waals surface area contributed by atoms with E-state index in [1.165, 1.54) is 0 Å². The van der Waals surface area contributed by atoms with Crippen LogP contribution in [0.4, 0.5) is 0 Å². The van der Waals surface area contributed by atoms with Gasteiger partial charge in [0.25, 0.3) is 0 Å². The van der Waals surface area contributed by atoms with Crippen molar-refractivity contribution in [3.63, 3.8) is 0 Å². The van der Waals surface area contributed by atoms with Gasteiger partial charge in [-0.25, -0.2) is 0 Å². The van der Waals surface area contributed by atoms with Crippen LogP contribution in [-0.2, 0) is 4.79 Å². The van der Waals surface area contributed by atoms with Crippen LogP contribution in [0, 0.1) is 5.41 Å². The minimum Gasteiger partial charge on any atom is -0.388 e. The van der Waals surface area contributed by atoms with Gasteiger partial charge in [-0.15, -0.1) is 11.6 Å². The van der Waals surface area contributed by atoms with E-state index in [9.17, 15) is 9.90 Å². The normalized spacial score (nSPS) is 20.0. The first-order valence-electron chi connectivity index (χ1n) is 4.96. The topological polar surface area (TPSA) is 49.3 Å². The lowest BCUT2D eigenvalue weighted by atomic mass is 9.80. The maximum atomic E-state index is 11.6. The molecule has 14 heavy (non-hydrogen) atoms. The summed E-state index contributed by atoms with van der Waals surface area (Å²) in [6, 6.07) is 0. The number of carbonyl (C=O) groups is 1. The van der Waals surface area contributed by atoms with Gasteiger partial charge in [-0.2, -0.15) is 0 Å². The van der Waals surface area contributed by atoms with Crippen LogP contribution in [-0.4, -0.2) is 29.0 Å². The zero-order valence-corrected chi connectivity index (χ0v) is 9.52. The van der Waals surface area contributed by atoms with Crippen LogP contribution >= 0.6 is 11.6 Å². The Balaban J connectivity index is 2.34. The summed E-state index contributed by atoms with van der Waals surface area (Å²) in [5.74, 6) is 0.199. The summed E-state index contributed by atoms with van der Waals surface area (Å²) < 4.78 is 0. The average molecular weight is 220 g/mol. The van der Waals surface area contributed by atoms with Crippen molar-refractivity contribution in [3.05, 3.63) is 0 Å². The van der Waals surface area contributed by atoms with E-state index in [1.54, 1.807) is 13.8 Å². The molecule has 1 aliphatic carbocycles. The molecule has 0 saturated heterocycles. The predicted molar refractivity (Wildman–Crippen MR) is 56.3 cm³/mol. The Kier molecular flexibility index (Phi) is 3.43. The molecule has 0 spiro atoms. The van der Waals surface area contributed by atoms with Gasteiger partial charge in [0.15, 0.2) is 0 Å². The molecule has 0 heterocycles. The molecule has 1 amide bonds. The molecule has 1 saturated carbocycles. The molecule has 0 aromatic heterocycles. The standard InChI is InChI=1S/C10H18ClNO2/c1-9(2,6-11)8(13)12-7-10(14)4-3-5-10/h14H,3-7H2,1-2H3,(H,12,13). The van der Waals surface area contributed by atoms with Crippen molar-refractivity contribution in [3.8, 4) is 0 Å². The van der Waals surface area contributed by atoms with Crippen LogP contribution in [0.5, 0.6) is 0 Å². The van der Waals surface area contributed by atoms with Crippen molar-refractivity contribution >= 4 is 17.5 Å². The minimum absolute atomic E-state index is 0.0900. The number of rotatable bonds is 4. The summed E-state index contributed by atoms with van der Waals surface area (Å²) in [5, 5.41) is 12.5. The molecule has 0 unspecified atom stereocenters. The lowest BCUT2D eigenvalue weighted by Crippen LogP contribution is -2.50. The highest BCUT2D eigenvalue weighted by Crippen LogP contribution is 2.30. The van der Waals surface area contributed by atoms with Crippen LogP contribution in [0.3, 0.4) is 0 Å². The van der Waals surface area contributed by atoms with Gasteiger partial charge in [0, 0.05) is 12.4 Å². The summed E-state index contributed by atoms with van der Waals surface area (Å²) >= 11 is 5.66. The molecule has 2 N–H and O–H groups in total. The second-order valence-electron chi connectivity index (χ2n) is 4.78. The van der Waals surface area contributed by atoms with Crippen LogP contribution in [0.25, 0.3) is 0 Å². The number of amides is 1.